The lowest BCUT2D eigenvalue weighted by atomic mass is 9.95. The molecule has 164 valence electrons. The number of phenols is 2. The molecule has 8 nitrogen and oxygen atoms in total. The Labute approximate surface area is 188 Å². The van der Waals surface area contributed by atoms with Crippen molar-refractivity contribution in [3.63, 3.8) is 0 Å². The number of aromatic amines is 1. The van der Waals surface area contributed by atoms with E-state index >= 15 is 0 Å². The minimum absolute atomic E-state index is 0.0814. The predicted molar refractivity (Wildman–Crippen MR) is 118 cm³/mol. The number of phenolic OH excluding ortho intramolecular Hbond substituents is 2. The molecule has 0 saturated heterocycles. The molecule has 0 aliphatic carbocycles. The maximum atomic E-state index is 13.5. The van der Waals surface area contributed by atoms with Crippen LogP contribution in [-0.4, -0.2) is 38.0 Å². The zero-order chi connectivity index (χ0) is 22.5. The Morgan fingerprint density at radius 2 is 1.79 bits per heavy atom. The summed E-state index contributed by atoms with van der Waals surface area (Å²) >= 11 is 0. The number of benzene rings is 3. The van der Waals surface area contributed by atoms with Gasteiger partial charge in [-0.15, -0.1) is 0 Å². The number of nitrogens with zero attached hydrogens (tertiary/aromatic N) is 2. The van der Waals surface area contributed by atoms with E-state index in [1.165, 1.54) is 0 Å². The Morgan fingerprint density at radius 1 is 1.00 bits per heavy atom. The van der Waals surface area contributed by atoms with Gasteiger partial charge in [-0.05, 0) is 47.5 Å². The topological polar surface area (TPSA) is 108 Å². The number of amides is 1. The van der Waals surface area contributed by atoms with Gasteiger partial charge in [-0.25, -0.2) is 0 Å². The Morgan fingerprint density at radius 3 is 2.61 bits per heavy atom. The molecule has 1 atom stereocenters. The molecule has 6 rings (SSSR count). The molecule has 33 heavy (non-hydrogen) atoms. The van der Waals surface area contributed by atoms with Crippen LogP contribution in [-0.2, 0) is 6.54 Å². The van der Waals surface area contributed by atoms with Crippen LogP contribution in [0, 0.1) is 0 Å². The van der Waals surface area contributed by atoms with Crippen LogP contribution in [0.1, 0.15) is 33.2 Å². The van der Waals surface area contributed by atoms with Gasteiger partial charge in [0.25, 0.3) is 5.91 Å². The molecule has 4 aromatic rings. The second kappa shape index (κ2) is 7.30. The first-order valence-electron chi connectivity index (χ1n) is 10.4. The van der Waals surface area contributed by atoms with Gasteiger partial charge in [-0.3, -0.25) is 9.89 Å². The van der Waals surface area contributed by atoms with E-state index in [9.17, 15) is 15.0 Å². The number of carbonyl (C=O) groups excluding carboxylic acids is 1. The van der Waals surface area contributed by atoms with E-state index in [0.717, 1.165) is 11.1 Å². The summed E-state index contributed by atoms with van der Waals surface area (Å²) in [5.74, 6) is 1.35. The average Bonchev–Trinajstić information content (AvgIpc) is 3.52. The van der Waals surface area contributed by atoms with E-state index in [1.807, 2.05) is 24.3 Å². The zero-order valence-electron chi connectivity index (χ0n) is 17.4. The number of nitrogens with one attached hydrogen (secondary N) is 1. The Balaban J connectivity index is 1.47. The number of ether oxygens (including phenoxy) is 2. The van der Waals surface area contributed by atoms with Gasteiger partial charge in [0.15, 0.2) is 11.5 Å². The molecule has 2 aliphatic heterocycles. The lowest BCUT2D eigenvalue weighted by molar-refractivity contribution is 0.0730. The number of aromatic nitrogens is 2. The van der Waals surface area contributed by atoms with Crippen molar-refractivity contribution in [1.82, 2.24) is 15.1 Å². The maximum absolute atomic E-state index is 13.5. The quantitative estimate of drug-likeness (QED) is 0.442. The number of carbonyl (C=O) groups is 1. The number of fused-ring (bicyclic) bond motifs is 2. The molecule has 0 unspecified atom stereocenters. The van der Waals surface area contributed by atoms with Crippen molar-refractivity contribution in [3.05, 3.63) is 89.1 Å². The van der Waals surface area contributed by atoms with E-state index in [-0.39, 0.29) is 24.2 Å². The highest BCUT2D eigenvalue weighted by molar-refractivity contribution is 6.00. The van der Waals surface area contributed by atoms with Gasteiger partial charge in [0, 0.05) is 17.7 Å². The molecular weight excluding hydrogens is 422 g/mol. The van der Waals surface area contributed by atoms with Crippen LogP contribution >= 0.6 is 0 Å². The van der Waals surface area contributed by atoms with Gasteiger partial charge >= 0.3 is 0 Å². The molecule has 2 aliphatic rings. The van der Waals surface area contributed by atoms with Crippen molar-refractivity contribution in [2.45, 2.75) is 12.6 Å². The zero-order valence-corrected chi connectivity index (χ0v) is 17.4. The maximum Gasteiger partial charge on any atom is 0.273 e. The van der Waals surface area contributed by atoms with Crippen LogP contribution in [0.25, 0.3) is 11.3 Å². The minimum atomic E-state index is -0.466. The van der Waals surface area contributed by atoms with E-state index < -0.39 is 6.04 Å². The van der Waals surface area contributed by atoms with Gasteiger partial charge in [-0.1, -0.05) is 30.3 Å². The second-order valence-electron chi connectivity index (χ2n) is 7.99. The Hall–Kier alpha value is -4.46. The smallest absolute Gasteiger partial charge is 0.273 e. The number of H-pyrrole nitrogens is 1. The van der Waals surface area contributed by atoms with Crippen LogP contribution in [0.2, 0.25) is 0 Å². The van der Waals surface area contributed by atoms with Crippen molar-refractivity contribution in [3.8, 4) is 34.3 Å². The van der Waals surface area contributed by atoms with Gasteiger partial charge in [0.2, 0.25) is 6.79 Å². The number of hydrogen-bond donors (Lipinski definition) is 3. The van der Waals surface area contributed by atoms with Gasteiger partial charge in [0.05, 0.1) is 6.04 Å². The summed E-state index contributed by atoms with van der Waals surface area (Å²) in [6.07, 6.45) is 0. The van der Waals surface area contributed by atoms with Crippen LogP contribution in [0.3, 0.4) is 0 Å². The van der Waals surface area contributed by atoms with Crippen molar-refractivity contribution >= 4 is 5.91 Å². The number of hydrogen-bond acceptors (Lipinski definition) is 6. The summed E-state index contributed by atoms with van der Waals surface area (Å²) in [4.78, 5) is 15.2. The molecule has 0 fully saturated rings. The van der Waals surface area contributed by atoms with Gasteiger partial charge in [-0.2, -0.15) is 5.10 Å². The van der Waals surface area contributed by atoms with Crippen LogP contribution < -0.4 is 9.47 Å². The molecule has 3 N–H and O–H groups in total. The molecule has 1 amide bonds. The summed E-state index contributed by atoms with van der Waals surface area (Å²) in [6, 6.07) is 18.8. The molecule has 3 heterocycles. The van der Waals surface area contributed by atoms with E-state index in [4.69, 9.17) is 9.47 Å². The fourth-order valence-electron chi connectivity index (χ4n) is 4.48. The van der Waals surface area contributed by atoms with Crippen molar-refractivity contribution in [2.24, 2.45) is 0 Å². The van der Waals surface area contributed by atoms with Crippen LogP contribution in [0.5, 0.6) is 23.0 Å². The molecule has 0 radical (unpaired) electrons. The van der Waals surface area contributed by atoms with Crippen molar-refractivity contribution < 1.29 is 24.5 Å². The van der Waals surface area contributed by atoms with Gasteiger partial charge < -0.3 is 24.6 Å². The number of aromatic hydroxyl groups is 2. The van der Waals surface area contributed by atoms with Crippen molar-refractivity contribution in [1.29, 1.82) is 0 Å². The van der Waals surface area contributed by atoms with E-state index in [1.54, 1.807) is 47.4 Å². The molecule has 0 saturated carbocycles. The third kappa shape index (κ3) is 3.07. The summed E-state index contributed by atoms with van der Waals surface area (Å²) in [6.45, 7) is 0.501. The van der Waals surface area contributed by atoms with Crippen LogP contribution in [0.4, 0.5) is 0 Å². The largest absolute Gasteiger partial charge is 0.508 e. The van der Waals surface area contributed by atoms with E-state index in [0.29, 0.717) is 40.6 Å². The highest BCUT2D eigenvalue weighted by atomic mass is 16.7. The minimum Gasteiger partial charge on any atom is -0.508 e. The summed E-state index contributed by atoms with van der Waals surface area (Å²) in [7, 11) is 0. The lowest BCUT2D eigenvalue weighted by Crippen LogP contribution is -2.29. The molecule has 1 aromatic heterocycles. The van der Waals surface area contributed by atoms with E-state index in [2.05, 4.69) is 10.2 Å². The highest BCUT2D eigenvalue weighted by Crippen LogP contribution is 2.45. The molecule has 8 heteroatoms. The second-order valence-corrected chi connectivity index (χ2v) is 7.99. The van der Waals surface area contributed by atoms with Crippen molar-refractivity contribution in [2.75, 3.05) is 6.79 Å². The highest BCUT2D eigenvalue weighted by Gasteiger charge is 2.42. The molecular formula is C25H19N3O5. The number of rotatable bonds is 4. The average molecular weight is 441 g/mol. The molecule has 0 spiro atoms. The SMILES string of the molecule is O=C1c2[nH]nc(-c3ccccc3O)c2[C@H](c2ccc(O)cc2)N1Cc1ccc2c(c1)OCO2. The third-order valence-corrected chi connectivity index (χ3v) is 6.02. The first-order valence-corrected chi connectivity index (χ1v) is 10.4. The summed E-state index contributed by atoms with van der Waals surface area (Å²) < 4.78 is 10.9. The Bertz CT molecular complexity index is 1380. The predicted octanol–water partition coefficient (Wildman–Crippen LogP) is 3.96. The standard InChI is InChI=1S/C25H19N3O5/c29-16-8-6-15(7-9-16)24-21-22(17-3-1-2-4-18(17)30)26-27-23(21)25(31)28(24)12-14-5-10-19-20(11-14)33-13-32-19/h1-11,24,29-30H,12-13H2,(H,26,27)/t24-/m0/s1. The number of para-hydroxylation sites is 1. The van der Waals surface area contributed by atoms with Crippen LogP contribution in [0.15, 0.2) is 66.7 Å². The third-order valence-electron chi connectivity index (χ3n) is 6.02. The first kappa shape index (κ1) is 19.2. The normalized spacial score (nSPS) is 16.3. The van der Waals surface area contributed by atoms with Gasteiger partial charge in [0.1, 0.15) is 22.9 Å². The lowest BCUT2D eigenvalue weighted by Gasteiger charge is -2.26. The Kier molecular flexibility index (Phi) is 4.26. The summed E-state index contributed by atoms with van der Waals surface area (Å²) in [5, 5.41) is 27.5. The summed E-state index contributed by atoms with van der Waals surface area (Å²) in [5.41, 5.74) is 3.83. The molecule has 0 bridgehead atoms. The molecule has 3 aromatic carbocycles. The fraction of sp³-hybridized carbons (Fsp3) is 0.120. The fourth-order valence-corrected chi connectivity index (χ4v) is 4.48. The monoisotopic (exact) mass is 441 g/mol. The first-order chi connectivity index (χ1) is 16.1.